The van der Waals surface area contributed by atoms with Gasteiger partial charge in [-0.05, 0) is 25.0 Å². The molecule has 3 aliphatic rings. The molecular weight excluding hydrogens is 472 g/mol. The second-order valence-corrected chi connectivity index (χ2v) is 10.4. The zero-order valence-corrected chi connectivity index (χ0v) is 19.3. The van der Waals surface area contributed by atoms with Gasteiger partial charge in [0.1, 0.15) is 0 Å². The molecule has 0 spiro atoms. The van der Waals surface area contributed by atoms with Crippen molar-refractivity contribution in [2.45, 2.75) is 24.2 Å². The smallest absolute Gasteiger partial charge is 0.243 e. The highest BCUT2D eigenvalue weighted by Crippen LogP contribution is 2.40. The summed E-state index contributed by atoms with van der Waals surface area (Å²) in [5, 5.41) is 3.18. The van der Waals surface area contributed by atoms with Crippen LogP contribution in [0.4, 0.5) is 5.69 Å². The van der Waals surface area contributed by atoms with Gasteiger partial charge in [-0.25, -0.2) is 8.42 Å². The number of hydrogen-bond donors (Lipinski definition) is 1. The summed E-state index contributed by atoms with van der Waals surface area (Å²) in [7, 11) is -3.71. The second kappa shape index (κ2) is 8.92. The number of anilines is 1. The van der Waals surface area contributed by atoms with E-state index in [1.807, 2.05) is 0 Å². The largest absolute Gasteiger partial charge is 0.490 e. The number of rotatable bonds is 4. The van der Waals surface area contributed by atoms with Crippen LogP contribution in [0, 0.1) is 5.92 Å². The fourth-order valence-corrected chi connectivity index (χ4v) is 5.75. The molecule has 176 valence electrons. The van der Waals surface area contributed by atoms with Crippen molar-refractivity contribution in [2.24, 2.45) is 5.92 Å². The summed E-state index contributed by atoms with van der Waals surface area (Å²) in [4.78, 5) is 13.0. The molecule has 5 rings (SSSR count). The number of fused-ring (bicyclic) bond motifs is 2. The Morgan fingerprint density at radius 3 is 2.36 bits per heavy atom. The Morgan fingerprint density at radius 1 is 0.939 bits per heavy atom. The zero-order chi connectivity index (χ0) is 23.0. The molecule has 0 saturated carbocycles. The second-order valence-electron chi connectivity index (χ2n) is 8.01. The standard InChI is InChI=1S/C22H23ClN2O7S/c23-16-11-20-21(32-13-31-20)12-17(16)24-22(26)14-4-6-25(7-5-14)33(27,28)15-2-3-18-19(10-15)30-9-1-8-29-18/h2-3,10-12,14H,1,4-9,13H2,(H,24,26). The zero-order valence-electron chi connectivity index (χ0n) is 17.7. The van der Waals surface area contributed by atoms with E-state index in [1.165, 1.54) is 16.4 Å². The first-order valence-electron chi connectivity index (χ1n) is 10.7. The van der Waals surface area contributed by atoms with Crippen molar-refractivity contribution >= 4 is 33.2 Å². The topological polar surface area (TPSA) is 103 Å². The first-order chi connectivity index (χ1) is 15.9. The number of carbonyl (C=O) groups excluding carboxylic acids is 1. The van der Waals surface area contributed by atoms with Crippen LogP contribution < -0.4 is 24.3 Å². The Bertz CT molecular complexity index is 1180. The lowest BCUT2D eigenvalue weighted by Crippen LogP contribution is -2.41. The highest BCUT2D eigenvalue weighted by atomic mass is 35.5. The van der Waals surface area contributed by atoms with Crippen molar-refractivity contribution in [1.29, 1.82) is 0 Å². The van der Waals surface area contributed by atoms with Crippen molar-refractivity contribution in [3.63, 3.8) is 0 Å². The molecule has 33 heavy (non-hydrogen) atoms. The third-order valence-electron chi connectivity index (χ3n) is 5.90. The predicted octanol–water partition coefficient (Wildman–Crippen LogP) is 3.27. The molecule has 0 radical (unpaired) electrons. The van der Waals surface area contributed by atoms with Gasteiger partial charge < -0.3 is 24.3 Å². The first kappa shape index (κ1) is 22.1. The molecule has 0 aliphatic carbocycles. The number of nitrogens with one attached hydrogen (secondary N) is 1. The average Bonchev–Trinajstić information content (AvgIpc) is 3.13. The quantitative estimate of drug-likeness (QED) is 0.695. The summed E-state index contributed by atoms with van der Waals surface area (Å²) in [5.41, 5.74) is 0.438. The lowest BCUT2D eigenvalue weighted by Gasteiger charge is -2.30. The van der Waals surface area contributed by atoms with Gasteiger partial charge in [-0.2, -0.15) is 4.31 Å². The Hall–Kier alpha value is -2.69. The Labute approximate surface area is 196 Å². The van der Waals surface area contributed by atoms with Crippen molar-refractivity contribution < 1.29 is 32.2 Å². The van der Waals surface area contributed by atoms with E-state index >= 15 is 0 Å². The van der Waals surface area contributed by atoms with Crippen LogP contribution in [0.1, 0.15) is 19.3 Å². The number of piperidine rings is 1. The van der Waals surface area contributed by atoms with E-state index in [1.54, 1.807) is 18.2 Å². The monoisotopic (exact) mass is 494 g/mol. The lowest BCUT2D eigenvalue weighted by atomic mass is 9.97. The van der Waals surface area contributed by atoms with E-state index in [0.717, 1.165) is 6.42 Å². The van der Waals surface area contributed by atoms with Crippen molar-refractivity contribution in [2.75, 3.05) is 38.4 Å². The van der Waals surface area contributed by atoms with E-state index in [0.29, 0.717) is 59.8 Å². The molecule has 0 atom stereocenters. The van der Waals surface area contributed by atoms with Gasteiger partial charge in [0.2, 0.25) is 22.7 Å². The number of halogens is 1. The molecule has 3 aliphatic heterocycles. The molecule has 2 aromatic carbocycles. The van der Waals surface area contributed by atoms with Crippen molar-refractivity contribution in [1.82, 2.24) is 4.31 Å². The molecule has 0 aromatic heterocycles. The maximum absolute atomic E-state index is 13.2. The molecule has 9 nitrogen and oxygen atoms in total. The number of ether oxygens (including phenoxy) is 4. The van der Waals surface area contributed by atoms with Gasteiger partial charge in [-0.15, -0.1) is 0 Å². The molecule has 2 aromatic rings. The molecule has 11 heteroatoms. The maximum atomic E-state index is 13.2. The summed E-state index contributed by atoms with van der Waals surface area (Å²) in [6.45, 7) is 1.60. The third kappa shape index (κ3) is 4.42. The van der Waals surface area contributed by atoms with Gasteiger partial charge in [0.15, 0.2) is 23.0 Å². The maximum Gasteiger partial charge on any atom is 0.243 e. The van der Waals surface area contributed by atoms with Crippen molar-refractivity contribution in [3.05, 3.63) is 35.4 Å². The highest BCUT2D eigenvalue weighted by molar-refractivity contribution is 7.89. The number of sulfonamides is 1. The van der Waals surface area contributed by atoms with Crippen molar-refractivity contribution in [3.8, 4) is 23.0 Å². The van der Waals surface area contributed by atoms with Gasteiger partial charge in [0.25, 0.3) is 0 Å². The Balaban J connectivity index is 1.23. The van der Waals surface area contributed by atoms with Gasteiger partial charge in [-0.1, -0.05) is 11.6 Å². The first-order valence-corrected chi connectivity index (χ1v) is 12.5. The normalized spacial score (nSPS) is 18.6. The summed E-state index contributed by atoms with van der Waals surface area (Å²) in [6.07, 6.45) is 1.54. The Morgan fingerprint density at radius 2 is 1.61 bits per heavy atom. The van der Waals surface area contributed by atoms with Crippen LogP contribution in [-0.2, 0) is 14.8 Å². The SMILES string of the molecule is O=C(Nc1cc2c(cc1Cl)OCO2)C1CCN(S(=O)(=O)c2ccc3c(c2)OCCCO3)CC1. The highest BCUT2D eigenvalue weighted by Gasteiger charge is 2.33. The van der Waals surface area contributed by atoms with E-state index in [4.69, 9.17) is 30.5 Å². The van der Waals surface area contributed by atoms with Gasteiger partial charge in [0.05, 0.1) is 28.8 Å². The molecule has 1 N–H and O–H groups in total. The predicted molar refractivity (Wildman–Crippen MR) is 120 cm³/mol. The van der Waals surface area contributed by atoms with Crippen LogP contribution >= 0.6 is 11.6 Å². The number of nitrogens with zero attached hydrogens (tertiary/aromatic N) is 1. The minimum Gasteiger partial charge on any atom is -0.490 e. The molecule has 0 bridgehead atoms. The van der Waals surface area contributed by atoms with Crippen LogP contribution in [0.3, 0.4) is 0 Å². The molecule has 1 amide bonds. The van der Waals surface area contributed by atoms with Gasteiger partial charge in [0, 0.05) is 43.6 Å². The summed E-state index contributed by atoms with van der Waals surface area (Å²) < 4.78 is 49.6. The molecule has 1 fully saturated rings. The van der Waals surface area contributed by atoms with E-state index in [9.17, 15) is 13.2 Å². The molecule has 3 heterocycles. The van der Waals surface area contributed by atoms with E-state index in [2.05, 4.69) is 5.32 Å². The minimum absolute atomic E-state index is 0.110. The van der Waals surface area contributed by atoms with E-state index < -0.39 is 10.0 Å². The summed E-state index contributed by atoms with van der Waals surface area (Å²) in [5.74, 6) is 1.49. The average molecular weight is 495 g/mol. The lowest BCUT2D eigenvalue weighted by molar-refractivity contribution is -0.120. The van der Waals surface area contributed by atoms with Crippen LogP contribution in [0.5, 0.6) is 23.0 Å². The van der Waals surface area contributed by atoms with Crippen LogP contribution in [0.2, 0.25) is 5.02 Å². The fourth-order valence-electron chi connectivity index (χ4n) is 4.06. The number of carbonyl (C=O) groups is 1. The summed E-state index contributed by atoms with van der Waals surface area (Å²) >= 11 is 6.25. The third-order valence-corrected chi connectivity index (χ3v) is 8.11. The van der Waals surface area contributed by atoms with Gasteiger partial charge in [-0.3, -0.25) is 4.79 Å². The minimum atomic E-state index is -3.71. The van der Waals surface area contributed by atoms with Crippen LogP contribution in [0.15, 0.2) is 35.2 Å². The Kier molecular flexibility index (Phi) is 5.98. The fraction of sp³-hybridized carbons (Fsp3) is 0.409. The number of hydrogen-bond acceptors (Lipinski definition) is 7. The van der Waals surface area contributed by atoms with E-state index in [-0.39, 0.29) is 36.6 Å². The molecular formula is C22H23ClN2O7S. The van der Waals surface area contributed by atoms with Gasteiger partial charge >= 0.3 is 0 Å². The number of amides is 1. The molecule has 1 saturated heterocycles. The van der Waals surface area contributed by atoms with Crippen LogP contribution in [0.25, 0.3) is 0 Å². The number of benzene rings is 2. The summed E-state index contributed by atoms with van der Waals surface area (Å²) in [6, 6.07) is 7.90. The molecule has 0 unspecified atom stereocenters. The van der Waals surface area contributed by atoms with Crippen LogP contribution in [-0.4, -0.2) is 51.7 Å².